The van der Waals surface area contributed by atoms with Crippen LogP contribution in [0.1, 0.15) is 11.1 Å². The van der Waals surface area contributed by atoms with Crippen molar-refractivity contribution in [3.8, 4) is 11.5 Å². The van der Waals surface area contributed by atoms with Crippen LogP contribution >= 0.6 is 0 Å². The van der Waals surface area contributed by atoms with Gasteiger partial charge in [0.15, 0.2) is 0 Å². The van der Waals surface area contributed by atoms with Gasteiger partial charge < -0.3 is 14.8 Å². The van der Waals surface area contributed by atoms with E-state index in [-0.39, 0.29) is 0 Å². The van der Waals surface area contributed by atoms with Gasteiger partial charge in [-0.2, -0.15) is 0 Å². The Bertz CT molecular complexity index is 537. The molecule has 2 rings (SSSR count). The molecule has 0 aromatic heterocycles. The van der Waals surface area contributed by atoms with E-state index in [1.54, 1.807) is 14.2 Å². The Morgan fingerprint density at radius 3 is 2.24 bits per heavy atom. The summed E-state index contributed by atoms with van der Waals surface area (Å²) in [5.74, 6) is 1.87. The lowest BCUT2D eigenvalue weighted by atomic mass is 10.1. The van der Waals surface area contributed by atoms with Crippen LogP contribution in [-0.2, 0) is 12.8 Å². The predicted molar refractivity (Wildman–Crippen MR) is 86.3 cm³/mol. The minimum Gasteiger partial charge on any atom is -0.497 e. The van der Waals surface area contributed by atoms with E-state index in [2.05, 4.69) is 29.6 Å². The summed E-state index contributed by atoms with van der Waals surface area (Å²) < 4.78 is 10.5. The molecule has 2 aromatic carbocycles. The van der Waals surface area contributed by atoms with Crippen molar-refractivity contribution >= 4 is 0 Å². The summed E-state index contributed by atoms with van der Waals surface area (Å²) in [7, 11) is 3.41. The lowest BCUT2D eigenvalue weighted by Crippen LogP contribution is -2.20. The summed E-state index contributed by atoms with van der Waals surface area (Å²) in [6, 6.07) is 16.4. The highest BCUT2D eigenvalue weighted by molar-refractivity contribution is 5.33. The van der Waals surface area contributed by atoms with Crippen molar-refractivity contribution in [1.29, 1.82) is 0 Å². The van der Waals surface area contributed by atoms with E-state index in [4.69, 9.17) is 9.47 Å². The minimum absolute atomic E-state index is 0.905. The molecule has 3 heteroatoms. The smallest absolute Gasteiger partial charge is 0.122 e. The van der Waals surface area contributed by atoms with E-state index in [9.17, 15) is 0 Å². The number of methoxy groups -OCH3 is 2. The summed E-state index contributed by atoms with van der Waals surface area (Å²) in [5.41, 5.74) is 2.57. The van der Waals surface area contributed by atoms with Gasteiger partial charge in [-0.05, 0) is 55.3 Å². The van der Waals surface area contributed by atoms with Crippen LogP contribution in [-0.4, -0.2) is 27.3 Å². The molecular weight excluding hydrogens is 262 g/mol. The molecule has 0 spiro atoms. The number of hydrogen-bond donors (Lipinski definition) is 1. The Morgan fingerprint density at radius 1 is 0.810 bits per heavy atom. The Kier molecular flexibility index (Phi) is 6.10. The van der Waals surface area contributed by atoms with Gasteiger partial charge >= 0.3 is 0 Å². The van der Waals surface area contributed by atoms with Gasteiger partial charge in [-0.15, -0.1) is 0 Å². The van der Waals surface area contributed by atoms with Crippen LogP contribution in [0.25, 0.3) is 0 Å². The van der Waals surface area contributed by atoms with Crippen LogP contribution < -0.4 is 14.8 Å². The standard InChI is InChI=1S/C18H23NO2/c1-20-17-9-7-15(8-10-17)11-13-19-14-12-16-5-3-4-6-18(16)21-2/h3-10,19H,11-14H2,1-2H3. The van der Waals surface area contributed by atoms with Crippen LogP contribution in [0.3, 0.4) is 0 Å². The number of rotatable bonds is 8. The average molecular weight is 285 g/mol. The maximum atomic E-state index is 5.35. The summed E-state index contributed by atoms with van der Waals surface area (Å²) >= 11 is 0. The quantitative estimate of drug-likeness (QED) is 0.756. The van der Waals surface area contributed by atoms with E-state index in [0.717, 1.165) is 37.4 Å². The fraction of sp³-hybridized carbons (Fsp3) is 0.333. The van der Waals surface area contributed by atoms with E-state index in [1.807, 2.05) is 24.3 Å². The fourth-order valence-electron chi connectivity index (χ4n) is 2.28. The Hall–Kier alpha value is -2.00. The van der Waals surface area contributed by atoms with Crippen molar-refractivity contribution < 1.29 is 9.47 Å². The first-order valence-electron chi connectivity index (χ1n) is 7.29. The molecule has 3 nitrogen and oxygen atoms in total. The zero-order valence-corrected chi connectivity index (χ0v) is 12.8. The van der Waals surface area contributed by atoms with Gasteiger partial charge in [0.1, 0.15) is 11.5 Å². The molecule has 0 unspecified atom stereocenters. The molecule has 0 fully saturated rings. The molecule has 112 valence electrons. The summed E-state index contributed by atoms with van der Waals surface area (Å²) in [5, 5.41) is 3.48. The summed E-state index contributed by atoms with van der Waals surface area (Å²) in [6.45, 7) is 1.93. The molecule has 0 radical (unpaired) electrons. The topological polar surface area (TPSA) is 30.5 Å². The van der Waals surface area contributed by atoms with Gasteiger partial charge in [0, 0.05) is 0 Å². The summed E-state index contributed by atoms with van der Waals surface area (Å²) in [6.07, 6.45) is 2.00. The molecule has 0 saturated carbocycles. The van der Waals surface area contributed by atoms with Crippen molar-refractivity contribution in [2.24, 2.45) is 0 Å². The largest absolute Gasteiger partial charge is 0.497 e. The van der Waals surface area contributed by atoms with Gasteiger partial charge in [-0.25, -0.2) is 0 Å². The second-order valence-electron chi connectivity index (χ2n) is 4.91. The minimum atomic E-state index is 0.905. The van der Waals surface area contributed by atoms with Crippen molar-refractivity contribution in [3.63, 3.8) is 0 Å². The number of benzene rings is 2. The third-order valence-corrected chi connectivity index (χ3v) is 3.51. The molecule has 0 bridgehead atoms. The SMILES string of the molecule is COc1ccc(CCNCCc2ccccc2OC)cc1. The molecule has 1 N–H and O–H groups in total. The highest BCUT2D eigenvalue weighted by atomic mass is 16.5. The fourth-order valence-corrected chi connectivity index (χ4v) is 2.28. The second-order valence-corrected chi connectivity index (χ2v) is 4.91. The highest BCUT2D eigenvalue weighted by Gasteiger charge is 2.00. The molecular formula is C18H23NO2. The summed E-state index contributed by atoms with van der Waals surface area (Å²) in [4.78, 5) is 0. The van der Waals surface area contributed by atoms with Crippen molar-refractivity contribution in [1.82, 2.24) is 5.32 Å². The van der Waals surface area contributed by atoms with E-state index < -0.39 is 0 Å². The molecule has 0 heterocycles. The van der Waals surface area contributed by atoms with Gasteiger partial charge in [0.25, 0.3) is 0 Å². The van der Waals surface area contributed by atoms with Gasteiger partial charge in [-0.1, -0.05) is 30.3 Å². The third-order valence-electron chi connectivity index (χ3n) is 3.51. The van der Waals surface area contributed by atoms with Crippen LogP contribution in [0.2, 0.25) is 0 Å². The molecule has 0 atom stereocenters. The third kappa shape index (κ3) is 4.80. The van der Waals surface area contributed by atoms with Crippen molar-refractivity contribution in [2.45, 2.75) is 12.8 Å². The van der Waals surface area contributed by atoms with Crippen molar-refractivity contribution in [2.75, 3.05) is 27.3 Å². The Balaban J connectivity index is 1.70. The second kappa shape index (κ2) is 8.32. The first-order chi connectivity index (χ1) is 10.3. The monoisotopic (exact) mass is 285 g/mol. The van der Waals surface area contributed by atoms with Gasteiger partial charge in [0.05, 0.1) is 14.2 Å². The lowest BCUT2D eigenvalue weighted by molar-refractivity contribution is 0.409. The molecule has 0 amide bonds. The van der Waals surface area contributed by atoms with Gasteiger partial charge in [0.2, 0.25) is 0 Å². The zero-order valence-electron chi connectivity index (χ0n) is 12.8. The van der Waals surface area contributed by atoms with Crippen LogP contribution in [0, 0.1) is 0 Å². The zero-order chi connectivity index (χ0) is 14.9. The van der Waals surface area contributed by atoms with Crippen LogP contribution in [0.5, 0.6) is 11.5 Å². The lowest BCUT2D eigenvalue weighted by Gasteiger charge is -2.09. The first-order valence-corrected chi connectivity index (χ1v) is 7.29. The van der Waals surface area contributed by atoms with Crippen LogP contribution in [0.15, 0.2) is 48.5 Å². The maximum Gasteiger partial charge on any atom is 0.122 e. The van der Waals surface area contributed by atoms with Crippen molar-refractivity contribution in [3.05, 3.63) is 59.7 Å². The molecule has 0 saturated heterocycles. The average Bonchev–Trinajstić information content (AvgIpc) is 2.55. The molecule has 2 aromatic rings. The molecule has 21 heavy (non-hydrogen) atoms. The maximum absolute atomic E-state index is 5.35. The van der Waals surface area contributed by atoms with E-state index in [0.29, 0.717) is 0 Å². The molecule has 0 aliphatic rings. The number of hydrogen-bond acceptors (Lipinski definition) is 3. The number of ether oxygens (including phenoxy) is 2. The van der Waals surface area contributed by atoms with Gasteiger partial charge in [-0.3, -0.25) is 0 Å². The molecule has 0 aliphatic carbocycles. The molecule has 0 aliphatic heterocycles. The number of nitrogens with one attached hydrogen (secondary N) is 1. The Labute approximate surface area is 126 Å². The Morgan fingerprint density at radius 2 is 1.52 bits per heavy atom. The van der Waals surface area contributed by atoms with E-state index >= 15 is 0 Å². The highest BCUT2D eigenvalue weighted by Crippen LogP contribution is 2.17. The predicted octanol–water partition coefficient (Wildman–Crippen LogP) is 3.08. The van der Waals surface area contributed by atoms with E-state index in [1.165, 1.54) is 11.1 Å². The normalized spacial score (nSPS) is 10.4. The van der Waals surface area contributed by atoms with Crippen LogP contribution in [0.4, 0.5) is 0 Å². The number of para-hydroxylation sites is 1. The first kappa shape index (κ1) is 15.4.